The van der Waals surface area contributed by atoms with Crippen molar-refractivity contribution >= 4 is 0 Å². The predicted octanol–water partition coefficient (Wildman–Crippen LogP) is -0.325. The first kappa shape index (κ1) is 9.94. The van der Waals surface area contributed by atoms with E-state index in [2.05, 4.69) is 16.9 Å². The van der Waals surface area contributed by atoms with Crippen LogP contribution in [0.2, 0.25) is 0 Å². The summed E-state index contributed by atoms with van der Waals surface area (Å²) in [6.45, 7) is 0.766. The van der Waals surface area contributed by atoms with Gasteiger partial charge in [-0.3, -0.25) is 4.84 Å². The van der Waals surface area contributed by atoms with Crippen molar-refractivity contribution in [1.82, 2.24) is 10.8 Å². The number of hydroxylamine groups is 1. The van der Waals surface area contributed by atoms with Gasteiger partial charge in [0.25, 0.3) is 0 Å². The van der Waals surface area contributed by atoms with Crippen LogP contribution in [0, 0.1) is 22.7 Å². The number of rotatable bonds is 3. The van der Waals surface area contributed by atoms with E-state index in [1.165, 1.54) is 0 Å². The summed E-state index contributed by atoms with van der Waals surface area (Å²) in [5.74, 6) is 0. The van der Waals surface area contributed by atoms with Gasteiger partial charge in [-0.2, -0.15) is 16.0 Å². The summed E-state index contributed by atoms with van der Waals surface area (Å²) in [6, 6.07) is 4.20. The Morgan fingerprint density at radius 1 is 1.46 bits per heavy atom. The molecule has 0 unspecified atom stereocenters. The minimum Gasteiger partial charge on any atom is -0.300 e. The standard InChI is InChI=1S/C8H12N4O/c9-3-4-13-12-8-2-1-7(5-10)11-6-8/h7-8,11-12H,1-2,4,6H2/t7-,8+/m0/s1. The van der Waals surface area contributed by atoms with E-state index >= 15 is 0 Å². The fourth-order valence-corrected chi connectivity index (χ4v) is 1.26. The molecule has 0 spiro atoms. The summed E-state index contributed by atoms with van der Waals surface area (Å²) < 4.78 is 0. The van der Waals surface area contributed by atoms with E-state index in [9.17, 15) is 0 Å². The molecule has 0 radical (unpaired) electrons. The summed E-state index contributed by atoms with van der Waals surface area (Å²) in [5.41, 5.74) is 2.77. The number of hydrogen-bond acceptors (Lipinski definition) is 5. The van der Waals surface area contributed by atoms with Crippen molar-refractivity contribution in [2.24, 2.45) is 0 Å². The fourth-order valence-electron chi connectivity index (χ4n) is 1.26. The second-order valence-corrected chi connectivity index (χ2v) is 2.93. The number of hydrogen-bond donors (Lipinski definition) is 2. The smallest absolute Gasteiger partial charge is 0.155 e. The van der Waals surface area contributed by atoms with Gasteiger partial charge in [-0.15, -0.1) is 0 Å². The molecule has 0 aromatic carbocycles. The van der Waals surface area contributed by atoms with Crippen LogP contribution >= 0.6 is 0 Å². The largest absolute Gasteiger partial charge is 0.300 e. The van der Waals surface area contributed by atoms with Gasteiger partial charge in [0.2, 0.25) is 0 Å². The van der Waals surface area contributed by atoms with Crippen molar-refractivity contribution in [2.75, 3.05) is 13.2 Å². The summed E-state index contributed by atoms with van der Waals surface area (Å²) in [4.78, 5) is 4.86. The molecule has 0 aromatic heterocycles. The highest BCUT2D eigenvalue weighted by Gasteiger charge is 2.19. The average Bonchev–Trinajstić information content (AvgIpc) is 2.19. The monoisotopic (exact) mass is 180 g/mol. The lowest BCUT2D eigenvalue weighted by molar-refractivity contribution is 0.0293. The molecule has 0 bridgehead atoms. The number of nitrogens with one attached hydrogen (secondary N) is 2. The first-order valence-corrected chi connectivity index (χ1v) is 4.24. The van der Waals surface area contributed by atoms with E-state index in [0.717, 1.165) is 12.8 Å². The van der Waals surface area contributed by atoms with Crippen LogP contribution in [0.15, 0.2) is 0 Å². The highest BCUT2D eigenvalue weighted by Crippen LogP contribution is 2.06. The zero-order valence-electron chi connectivity index (χ0n) is 7.29. The maximum atomic E-state index is 8.58. The highest BCUT2D eigenvalue weighted by atomic mass is 16.6. The quantitative estimate of drug-likeness (QED) is 0.459. The van der Waals surface area contributed by atoms with Crippen LogP contribution in [-0.4, -0.2) is 25.2 Å². The molecule has 0 saturated carbocycles. The Morgan fingerprint density at radius 3 is 2.85 bits per heavy atom. The van der Waals surface area contributed by atoms with Crippen molar-refractivity contribution in [3.8, 4) is 12.1 Å². The number of nitriles is 2. The molecule has 1 rings (SSSR count). The lowest BCUT2D eigenvalue weighted by Crippen LogP contribution is -2.47. The SMILES string of the molecule is N#CCON[C@@H]1CC[C@@H](C#N)NC1. The third-order valence-electron chi connectivity index (χ3n) is 1.96. The van der Waals surface area contributed by atoms with Crippen LogP contribution in [0.4, 0.5) is 0 Å². The molecule has 0 amide bonds. The van der Waals surface area contributed by atoms with Crippen LogP contribution in [0.3, 0.4) is 0 Å². The minimum absolute atomic E-state index is 0.0333. The van der Waals surface area contributed by atoms with Gasteiger partial charge < -0.3 is 5.32 Å². The lowest BCUT2D eigenvalue weighted by Gasteiger charge is -2.25. The molecule has 0 aromatic rings. The average molecular weight is 180 g/mol. The van der Waals surface area contributed by atoms with E-state index in [1.807, 2.05) is 6.07 Å². The minimum atomic E-state index is -0.0333. The molecular weight excluding hydrogens is 168 g/mol. The first-order valence-electron chi connectivity index (χ1n) is 4.24. The van der Waals surface area contributed by atoms with Gasteiger partial charge >= 0.3 is 0 Å². The van der Waals surface area contributed by atoms with Crippen molar-refractivity contribution in [1.29, 1.82) is 10.5 Å². The number of piperidine rings is 1. The van der Waals surface area contributed by atoms with E-state index in [-0.39, 0.29) is 18.7 Å². The molecule has 70 valence electrons. The van der Waals surface area contributed by atoms with Crippen LogP contribution in [-0.2, 0) is 4.84 Å². The Labute approximate surface area is 77.2 Å². The van der Waals surface area contributed by atoms with Gasteiger partial charge in [0, 0.05) is 12.6 Å². The highest BCUT2D eigenvalue weighted by molar-refractivity contribution is 4.94. The van der Waals surface area contributed by atoms with Gasteiger partial charge in [0.05, 0.1) is 18.2 Å². The molecule has 1 aliphatic rings. The van der Waals surface area contributed by atoms with Gasteiger partial charge in [-0.05, 0) is 12.8 Å². The first-order chi connectivity index (χ1) is 6.36. The van der Waals surface area contributed by atoms with Crippen molar-refractivity contribution in [3.05, 3.63) is 0 Å². The van der Waals surface area contributed by atoms with Gasteiger partial charge in [-0.25, -0.2) is 0 Å². The molecule has 1 fully saturated rings. The van der Waals surface area contributed by atoms with Crippen LogP contribution in [0.5, 0.6) is 0 Å². The Hall–Kier alpha value is -1.14. The second-order valence-electron chi connectivity index (χ2n) is 2.93. The molecule has 1 aliphatic heterocycles. The Kier molecular flexibility index (Phi) is 4.20. The fraction of sp³-hybridized carbons (Fsp3) is 0.750. The Balaban J connectivity index is 2.12. The van der Waals surface area contributed by atoms with Crippen molar-refractivity contribution in [3.63, 3.8) is 0 Å². The van der Waals surface area contributed by atoms with E-state index in [1.54, 1.807) is 0 Å². The molecular formula is C8H12N4O. The Morgan fingerprint density at radius 2 is 2.31 bits per heavy atom. The molecule has 1 saturated heterocycles. The summed E-state index contributed by atoms with van der Waals surface area (Å²) >= 11 is 0. The van der Waals surface area contributed by atoms with Gasteiger partial charge in [-0.1, -0.05) is 0 Å². The van der Waals surface area contributed by atoms with Crippen LogP contribution < -0.4 is 10.8 Å². The molecule has 13 heavy (non-hydrogen) atoms. The zero-order chi connectivity index (χ0) is 9.52. The number of nitrogens with zero attached hydrogens (tertiary/aromatic N) is 2. The maximum absolute atomic E-state index is 8.58. The third-order valence-corrected chi connectivity index (χ3v) is 1.96. The predicted molar refractivity (Wildman–Crippen MR) is 45.1 cm³/mol. The maximum Gasteiger partial charge on any atom is 0.155 e. The lowest BCUT2D eigenvalue weighted by atomic mass is 10.0. The van der Waals surface area contributed by atoms with Crippen LogP contribution in [0.25, 0.3) is 0 Å². The van der Waals surface area contributed by atoms with Crippen molar-refractivity contribution in [2.45, 2.75) is 24.9 Å². The van der Waals surface area contributed by atoms with E-state index in [4.69, 9.17) is 15.4 Å². The third kappa shape index (κ3) is 3.39. The normalized spacial score (nSPS) is 27.5. The zero-order valence-corrected chi connectivity index (χ0v) is 7.29. The van der Waals surface area contributed by atoms with Crippen molar-refractivity contribution < 1.29 is 4.84 Å². The van der Waals surface area contributed by atoms with Crippen LogP contribution in [0.1, 0.15) is 12.8 Å². The molecule has 5 heteroatoms. The molecule has 5 nitrogen and oxygen atoms in total. The Bertz CT molecular complexity index is 219. The summed E-state index contributed by atoms with van der Waals surface area (Å²) in [6.07, 6.45) is 1.72. The van der Waals surface area contributed by atoms with E-state index < -0.39 is 0 Å². The van der Waals surface area contributed by atoms with E-state index in [0.29, 0.717) is 6.54 Å². The molecule has 2 N–H and O–H groups in total. The topological polar surface area (TPSA) is 80.9 Å². The van der Waals surface area contributed by atoms with Gasteiger partial charge in [0.15, 0.2) is 6.61 Å². The second kappa shape index (κ2) is 5.50. The molecule has 2 atom stereocenters. The molecule has 0 aliphatic carbocycles. The van der Waals surface area contributed by atoms with Gasteiger partial charge in [0.1, 0.15) is 0 Å². The summed E-state index contributed by atoms with van der Waals surface area (Å²) in [5, 5.41) is 19.8. The summed E-state index contributed by atoms with van der Waals surface area (Å²) in [7, 11) is 0. The molecule has 1 heterocycles.